The molecule has 1 aromatic heterocycles. The number of halogens is 1. The van der Waals surface area contributed by atoms with Crippen molar-refractivity contribution in [1.29, 1.82) is 0 Å². The Morgan fingerprint density at radius 2 is 1.74 bits per heavy atom. The summed E-state index contributed by atoms with van der Waals surface area (Å²) in [5.74, 6) is -2.94. The highest BCUT2D eigenvalue weighted by molar-refractivity contribution is 6.31. The lowest BCUT2D eigenvalue weighted by Gasteiger charge is -2.48. The molecule has 0 spiro atoms. The number of aryl methyl sites for hydroxylation is 1. The highest BCUT2D eigenvalue weighted by Gasteiger charge is 2.59. The van der Waals surface area contributed by atoms with Crippen molar-refractivity contribution >= 4 is 29.4 Å². The Labute approximate surface area is 366 Å². The lowest BCUT2D eigenvalue weighted by molar-refractivity contribution is -0.302. The Bertz CT molecular complexity index is 1770. The number of cyclic esters (lactones) is 1. The van der Waals surface area contributed by atoms with Crippen LogP contribution in [-0.2, 0) is 55.8 Å². The lowest BCUT2D eigenvalue weighted by atomic mass is 9.73. The van der Waals surface area contributed by atoms with Crippen molar-refractivity contribution in [2.75, 3.05) is 27.8 Å². The van der Waals surface area contributed by atoms with Crippen molar-refractivity contribution < 1.29 is 52.7 Å². The molecule has 61 heavy (non-hydrogen) atoms. The summed E-state index contributed by atoms with van der Waals surface area (Å²) in [4.78, 5) is 43.9. The number of oxime groups is 1. The SMILES string of the molecule is CC[C@H]1OC(=O)[C@H](C)[C@@H](OCCCc2cncnc2)[C@H](C)[C@@H](O[C@@H]2O[C@H](C)C[C@H](N(C)C)[C@H]2O)[C@](C)(OC)C[C@@H](C)/C(=N\OCc2ccccc2Cl)[C@H](C)[C@H]2OC(=O)O[C@@]21C. The predicted octanol–water partition coefficient (Wildman–Crippen LogP) is 6.80. The molecule has 340 valence electrons. The number of benzene rings is 1. The first-order valence-corrected chi connectivity index (χ1v) is 21.9. The maximum atomic E-state index is 14.5. The molecule has 3 saturated heterocycles. The number of ether oxygens (including phenoxy) is 7. The topological polar surface area (TPSA) is 170 Å². The van der Waals surface area contributed by atoms with Gasteiger partial charge in [-0.1, -0.05) is 62.7 Å². The van der Waals surface area contributed by atoms with Gasteiger partial charge in [0.05, 0.1) is 35.5 Å². The van der Waals surface area contributed by atoms with E-state index in [0.29, 0.717) is 42.8 Å². The fourth-order valence-corrected chi connectivity index (χ4v) is 9.61. The minimum atomic E-state index is -1.39. The van der Waals surface area contributed by atoms with E-state index in [4.69, 9.17) is 54.8 Å². The zero-order chi connectivity index (χ0) is 44.6. The van der Waals surface area contributed by atoms with Gasteiger partial charge in [-0.25, -0.2) is 14.8 Å². The van der Waals surface area contributed by atoms with Gasteiger partial charge in [-0.2, -0.15) is 0 Å². The van der Waals surface area contributed by atoms with Crippen LogP contribution in [0.1, 0.15) is 92.2 Å². The van der Waals surface area contributed by atoms with E-state index in [0.717, 1.165) is 11.1 Å². The molecule has 0 saturated carbocycles. The average molecular weight is 876 g/mol. The Kier molecular flexibility index (Phi) is 17.0. The van der Waals surface area contributed by atoms with Crippen molar-refractivity contribution in [3.63, 3.8) is 0 Å². The standard InChI is InChI=1S/C45H67ClN4O11/c1-12-35-45(8)40(60-43(53)61-45)28(4)36(49-56-24-32-17-13-14-18-33(32)46)26(2)21-44(7,54-11)39(59-42-37(51)34(50(9)10)20-27(3)57-42)29(5)38(30(6)41(52)58-35)55-19-15-16-31-22-47-25-48-23-31/h13-14,17-18,22-23,25-30,34-35,37-40,42,51H,12,15-16,19-21,24H2,1-11H3/b49-36+/t26-,27-,28+,29+,30-,34+,35-,37-,38+,39-,40-,42+,44-,45-/m1/s1. The molecule has 14 atom stereocenters. The van der Waals surface area contributed by atoms with E-state index in [2.05, 4.69) is 9.97 Å². The summed E-state index contributed by atoms with van der Waals surface area (Å²) in [6.07, 6.45) is 0.929. The minimum absolute atomic E-state index is 0.0800. The summed E-state index contributed by atoms with van der Waals surface area (Å²) in [7, 11) is 5.45. The molecule has 0 unspecified atom stereocenters. The highest BCUT2D eigenvalue weighted by atomic mass is 35.5. The number of aliphatic hydroxyl groups excluding tert-OH is 1. The normalized spacial score (nSPS) is 37.0. The molecular weight excluding hydrogens is 808 g/mol. The van der Waals surface area contributed by atoms with Crippen LogP contribution in [0.4, 0.5) is 4.79 Å². The van der Waals surface area contributed by atoms with E-state index in [-0.39, 0.29) is 25.4 Å². The van der Waals surface area contributed by atoms with E-state index in [9.17, 15) is 14.7 Å². The van der Waals surface area contributed by atoms with E-state index >= 15 is 0 Å². The summed E-state index contributed by atoms with van der Waals surface area (Å²) in [6, 6.07) is 7.10. The van der Waals surface area contributed by atoms with Crippen molar-refractivity contribution in [2.24, 2.45) is 28.8 Å². The Morgan fingerprint density at radius 3 is 2.39 bits per heavy atom. The molecule has 5 rings (SSSR count). The number of carbonyl (C=O) groups is 2. The summed E-state index contributed by atoms with van der Waals surface area (Å²) in [5.41, 5.74) is -0.273. The molecule has 3 aliphatic heterocycles. The molecule has 0 aliphatic carbocycles. The van der Waals surface area contributed by atoms with E-state index in [1.54, 1.807) is 39.4 Å². The van der Waals surface area contributed by atoms with E-state index in [1.165, 1.54) is 6.33 Å². The summed E-state index contributed by atoms with van der Waals surface area (Å²) >= 11 is 6.49. The van der Waals surface area contributed by atoms with Gasteiger partial charge in [0, 0.05) is 60.5 Å². The quantitative estimate of drug-likeness (QED) is 0.127. The molecule has 0 bridgehead atoms. The first-order valence-electron chi connectivity index (χ1n) is 21.5. The van der Waals surface area contributed by atoms with Crippen LogP contribution < -0.4 is 0 Å². The number of rotatable bonds is 13. The van der Waals surface area contributed by atoms with Gasteiger partial charge in [0.25, 0.3) is 0 Å². The minimum Gasteiger partial charge on any atom is -0.458 e. The number of aliphatic hydroxyl groups is 1. The molecule has 1 N–H and O–H groups in total. The van der Waals surface area contributed by atoms with Crippen LogP contribution in [0.3, 0.4) is 0 Å². The Balaban J connectivity index is 1.61. The van der Waals surface area contributed by atoms with Gasteiger partial charge >= 0.3 is 12.1 Å². The average Bonchev–Trinajstić information content (AvgIpc) is 3.55. The number of esters is 1. The van der Waals surface area contributed by atoms with Crippen molar-refractivity contribution in [1.82, 2.24) is 14.9 Å². The van der Waals surface area contributed by atoms with E-state index < -0.39 is 83.8 Å². The number of carbonyl (C=O) groups excluding carboxylic acids is 2. The maximum Gasteiger partial charge on any atom is 0.509 e. The fourth-order valence-electron chi connectivity index (χ4n) is 9.42. The van der Waals surface area contributed by atoms with Gasteiger partial charge in [-0.3, -0.25) is 4.79 Å². The monoisotopic (exact) mass is 874 g/mol. The van der Waals surface area contributed by atoms with Crippen molar-refractivity contribution in [2.45, 2.75) is 154 Å². The van der Waals surface area contributed by atoms with Crippen LogP contribution in [0.15, 0.2) is 48.1 Å². The largest absolute Gasteiger partial charge is 0.509 e. The van der Waals surface area contributed by atoms with Crippen LogP contribution in [0.25, 0.3) is 0 Å². The van der Waals surface area contributed by atoms with Gasteiger partial charge in [-0.05, 0) is 85.5 Å². The third-order valence-electron chi connectivity index (χ3n) is 12.9. The van der Waals surface area contributed by atoms with Gasteiger partial charge < -0.3 is 48.0 Å². The number of likely N-dealkylation sites (N-methyl/N-ethyl adjacent to an activating group) is 1. The number of hydrogen-bond donors (Lipinski definition) is 1. The van der Waals surface area contributed by atoms with Crippen molar-refractivity contribution in [3.05, 3.63) is 59.1 Å². The molecule has 1 aromatic carbocycles. The van der Waals surface area contributed by atoms with Crippen LogP contribution >= 0.6 is 11.6 Å². The van der Waals surface area contributed by atoms with Crippen LogP contribution in [0.2, 0.25) is 5.02 Å². The van der Waals surface area contributed by atoms with E-state index in [1.807, 2.05) is 78.7 Å². The highest BCUT2D eigenvalue weighted by Crippen LogP contribution is 2.43. The number of hydrogen-bond acceptors (Lipinski definition) is 15. The zero-order valence-electron chi connectivity index (χ0n) is 37.6. The molecule has 0 amide bonds. The second-order valence-corrected chi connectivity index (χ2v) is 18.1. The first-order chi connectivity index (χ1) is 28.9. The number of fused-ring (bicyclic) bond motifs is 1. The molecule has 16 heteroatoms. The van der Waals surface area contributed by atoms with Gasteiger partial charge in [-0.15, -0.1) is 0 Å². The van der Waals surface area contributed by atoms with Crippen LogP contribution in [0.5, 0.6) is 0 Å². The summed E-state index contributed by atoms with van der Waals surface area (Å²) in [6.45, 7) is 15.5. The Morgan fingerprint density at radius 1 is 1.03 bits per heavy atom. The van der Waals surface area contributed by atoms with Gasteiger partial charge in [0.15, 0.2) is 18.0 Å². The number of methoxy groups -OCH3 is 1. The van der Waals surface area contributed by atoms with Crippen LogP contribution in [-0.4, -0.2) is 126 Å². The second kappa shape index (κ2) is 21.3. The molecule has 3 aliphatic rings. The summed E-state index contributed by atoms with van der Waals surface area (Å²) in [5, 5.41) is 17.1. The smallest absolute Gasteiger partial charge is 0.458 e. The third kappa shape index (κ3) is 11.4. The molecule has 15 nitrogen and oxygen atoms in total. The predicted molar refractivity (Wildman–Crippen MR) is 228 cm³/mol. The molecule has 2 aromatic rings. The lowest BCUT2D eigenvalue weighted by Crippen LogP contribution is -2.60. The molecule has 0 radical (unpaired) electrons. The molecule has 3 fully saturated rings. The maximum absolute atomic E-state index is 14.5. The molecular formula is C45H67ClN4O11. The van der Waals surface area contributed by atoms with Gasteiger partial charge in [0.1, 0.15) is 25.1 Å². The van der Waals surface area contributed by atoms with Crippen molar-refractivity contribution in [3.8, 4) is 0 Å². The number of nitrogens with zero attached hydrogens (tertiary/aromatic N) is 4. The summed E-state index contributed by atoms with van der Waals surface area (Å²) < 4.78 is 44.9. The third-order valence-corrected chi connectivity index (χ3v) is 13.2. The Hall–Kier alpha value is -3.44. The first kappa shape index (κ1) is 48.6. The second-order valence-electron chi connectivity index (χ2n) is 17.7. The zero-order valence-corrected chi connectivity index (χ0v) is 38.4. The molecule has 4 heterocycles. The fraction of sp³-hybridized carbons (Fsp3) is 0.711. The van der Waals surface area contributed by atoms with Crippen LogP contribution in [0, 0.1) is 23.7 Å². The number of aromatic nitrogens is 2. The van der Waals surface area contributed by atoms with Gasteiger partial charge in [0.2, 0.25) is 0 Å².